The fourth-order valence-electron chi connectivity index (χ4n) is 4.00. The van der Waals surface area contributed by atoms with E-state index in [2.05, 4.69) is 27.5 Å². The van der Waals surface area contributed by atoms with Gasteiger partial charge in [0.05, 0.1) is 40.8 Å². The molecule has 0 atom stereocenters. The van der Waals surface area contributed by atoms with Gasteiger partial charge in [0, 0.05) is 43.2 Å². The third-order valence-corrected chi connectivity index (χ3v) is 5.82. The molecule has 1 amide bonds. The van der Waals surface area contributed by atoms with Gasteiger partial charge < -0.3 is 5.32 Å². The van der Waals surface area contributed by atoms with Crippen molar-refractivity contribution in [3.05, 3.63) is 52.9 Å². The van der Waals surface area contributed by atoms with Gasteiger partial charge in [0.25, 0.3) is 5.91 Å². The third kappa shape index (κ3) is 3.60. The van der Waals surface area contributed by atoms with Crippen molar-refractivity contribution in [3.8, 4) is 0 Å². The van der Waals surface area contributed by atoms with Gasteiger partial charge >= 0.3 is 0 Å². The molecule has 1 N–H and O–H groups in total. The van der Waals surface area contributed by atoms with Gasteiger partial charge in [-0.15, -0.1) is 0 Å². The van der Waals surface area contributed by atoms with Gasteiger partial charge in [-0.1, -0.05) is 0 Å². The van der Waals surface area contributed by atoms with Crippen LogP contribution in [0.3, 0.4) is 0 Å². The summed E-state index contributed by atoms with van der Waals surface area (Å²) in [6, 6.07) is 1.93. The van der Waals surface area contributed by atoms with Gasteiger partial charge in [-0.25, -0.2) is 4.98 Å². The summed E-state index contributed by atoms with van der Waals surface area (Å²) in [7, 11) is 1.87. The zero-order valence-corrected chi connectivity index (χ0v) is 18.3. The third-order valence-electron chi connectivity index (χ3n) is 5.82. The molecule has 1 fully saturated rings. The molecule has 9 nitrogen and oxygen atoms in total. The molecule has 160 valence electrons. The number of carbonyl (C=O) groups excluding carboxylic acids is 1. The molecule has 0 aliphatic heterocycles. The van der Waals surface area contributed by atoms with Crippen LogP contribution in [0.5, 0.6) is 0 Å². The summed E-state index contributed by atoms with van der Waals surface area (Å²) in [5.41, 5.74) is 5.90. The van der Waals surface area contributed by atoms with Crippen LogP contribution in [0.4, 0.5) is 5.69 Å². The van der Waals surface area contributed by atoms with Crippen molar-refractivity contribution < 1.29 is 4.79 Å². The van der Waals surface area contributed by atoms with Crippen LogP contribution in [-0.2, 0) is 20.1 Å². The maximum Gasteiger partial charge on any atom is 0.256 e. The molecule has 0 aromatic carbocycles. The fourth-order valence-corrected chi connectivity index (χ4v) is 4.00. The number of amides is 1. The Morgan fingerprint density at radius 1 is 1.16 bits per heavy atom. The molecule has 1 aliphatic rings. The normalized spacial score (nSPS) is 13.8. The lowest BCUT2D eigenvalue weighted by Crippen LogP contribution is -2.13. The number of fused-ring (bicyclic) bond motifs is 1. The Labute approximate surface area is 180 Å². The van der Waals surface area contributed by atoms with E-state index in [1.165, 1.54) is 0 Å². The van der Waals surface area contributed by atoms with Crippen molar-refractivity contribution in [1.29, 1.82) is 0 Å². The highest BCUT2D eigenvalue weighted by atomic mass is 16.1. The molecular weight excluding hydrogens is 392 g/mol. The molecule has 4 aromatic rings. The van der Waals surface area contributed by atoms with Gasteiger partial charge in [0.1, 0.15) is 0 Å². The van der Waals surface area contributed by atoms with E-state index in [9.17, 15) is 4.79 Å². The van der Waals surface area contributed by atoms with Crippen molar-refractivity contribution in [3.63, 3.8) is 0 Å². The van der Waals surface area contributed by atoms with Crippen LogP contribution in [0, 0.1) is 13.8 Å². The van der Waals surface area contributed by atoms with Gasteiger partial charge in [0.2, 0.25) is 0 Å². The van der Waals surface area contributed by atoms with Gasteiger partial charge in [-0.3, -0.25) is 18.8 Å². The molecule has 4 aromatic heterocycles. The van der Waals surface area contributed by atoms with E-state index in [0.29, 0.717) is 23.7 Å². The average Bonchev–Trinajstić information content (AvgIpc) is 3.32. The summed E-state index contributed by atoms with van der Waals surface area (Å²) in [4.78, 5) is 18.0. The van der Waals surface area contributed by atoms with E-state index in [1.807, 2.05) is 48.7 Å². The molecule has 1 aliphatic carbocycles. The molecule has 5 rings (SSSR count). The first-order chi connectivity index (χ1) is 14.9. The first kappa shape index (κ1) is 19.5. The molecular formula is C22H26N8O. The Bertz CT molecular complexity index is 1290. The second kappa shape index (κ2) is 7.33. The number of anilines is 1. The summed E-state index contributed by atoms with van der Waals surface area (Å²) in [6.07, 6.45) is 7.80. The lowest BCUT2D eigenvalue weighted by molar-refractivity contribution is 0.102. The number of aryl methyl sites for hydroxylation is 4. The molecule has 31 heavy (non-hydrogen) atoms. The maximum atomic E-state index is 13.2. The largest absolute Gasteiger partial charge is 0.319 e. The summed E-state index contributed by atoms with van der Waals surface area (Å²) < 4.78 is 5.48. The number of nitrogens with one attached hydrogen (secondary N) is 1. The molecule has 0 saturated heterocycles. The number of rotatable bonds is 6. The van der Waals surface area contributed by atoms with Gasteiger partial charge in [-0.2, -0.15) is 15.3 Å². The van der Waals surface area contributed by atoms with E-state index >= 15 is 0 Å². The SMILES string of the molecule is CCn1cc(Cn2cc(NC(=O)c3cc(C4CC4)nc4c3c(C)nn4C)cn2)c(C)n1. The summed E-state index contributed by atoms with van der Waals surface area (Å²) in [5.74, 6) is 0.279. The maximum absolute atomic E-state index is 13.2. The average molecular weight is 419 g/mol. The highest BCUT2D eigenvalue weighted by molar-refractivity contribution is 6.12. The van der Waals surface area contributed by atoms with E-state index in [4.69, 9.17) is 4.98 Å². The second-order valence-electron chi connectivity index (χ2n) is 8.25. The Hall–Kier alpha value is -3.49. The highest BCUT2D eigenvalue weighted by Crippen LogP contribution is 2.40. The molecule has 4 heterocycles. The summed E-state index contributed by atoms with van der Waals surface area (Å²) >= 11 is 0. The number of nitrogens with zero attached hydrogens (tertiary/aromatic N) is 7. The monoisotopic (exact) mass is 418 g/mol. The van der Waals surface area contributed by atoms with Crippen molar-refractivity contribution in [2.24, 2.45) is 7.05 Å². The molecule has 0 spiro atoms. The lowest BCUT2D eigenvalue weighted by atomic mass is 10.1. The Morgan fingerprint density at radius 3 is 2.68 bits per heavy atom. The number of pyridine rings is 1. The predicted molar refractivity (Wildman–Crippen MR) is 117 cm³/mol. The van der Waals surface area contributed by atoms with Crippen molar-refractivity contribution in [2.75, 3.05) is 5.32 Å². The van der Waals surface area contributed by atoms with E-state index < -0.39 is 0 Å². The summed E-state index contributed by atoms with van der Waals surface area (Å²) in [6.45, 7) is 7.41. The fraction of sp³-hybridized carbons (Fsp3) is 0.409. The molecule has 0 radical (unpaired) electrons. The molecule has 1 saturated carbocycles. The van der Waals surface area contributed by atoms with Crippen LogP contribution >= 0.6 is 0 Å². The minimum absolute atomic E-state index is 0.167. The summed E-state index contributed by atoms with van der Waals surface area (Å²) in [5, 5.41) is 17.2. The molecule has 9 heteroatoms. The van der Waals surface area contributed by atoms with Crippen LogP contribution < -0.4 is 5.32 Å². The quantitative estimate of drug-likeness (QED) is 0.519. The van der Waals surface area contributed by atoms with Crippen LogP contribution in [0.25, 0.3) is 11.0 Å². The van der Waals surface area contributed by atoms with E-state index in [-0.39, 0.29) is 5.91 Å². The van der Waals surface area contributed by atoms with Crippen LogP contribution in [0.15, 0.2) is 24.7 Å². The first-order valence-electron chi connectivity index (χ1n) is 10.6. The zero-order chi connectivity index (χ0) is 21.7. The smallest absolute Gasteiger partial charge is 0.256 e. The number of hydrogen-bond acceptors (Lipinski definition) is 5. The Balaban J connectivity index is 1.41. The van der Waals surface area contributed by atoms with Crippen molar-refractivity contribution in [1.82, 2.24) is 34.3 Å². The van der Waals surface area contributed by atoms with E-state index in [1.54, 1.807) is 10.9 Å². The van der Waals surface area contributed by atoms with Crippen LogP contribution in [-0.4, -0.2) is 40.2 Å². The number of hydrogen-bond donors (Lipinski definition) is 1. The molecule has 0 bridgehead atoms. The first-order valence-corrected chi connectivity index (χ1v) is 10.6. The van der Waals surface area contributed by atoms with E-state index in [0.717, 1.165) is 53.1 Å². The van der Waals surface area contributed by atoms with Crippen LogP contribution in [0.2, 0.25) is 0 Å². The standard InChI is InChI=1S/C22H26N8O/c1-5-29-10-16(13(2)27-29)11-30-12-17(9-23-30)24-22(31)18-8-19(15-6-7-15)25-21-20(18)14(3)26-28(21)4/h8-10,12,15H,5-7,11H2,1-4H3,(H,24,31). The minimum Gasteiger partial charge on any atom is -0.319 e. The number of aromatic nitrogens is 7. The zero-order valence-electron chi connectivity index (χ0n) is 18.3. The Kier molecular flexibility index (Phi) is 4.60. The van der Waals surface area contributed by atoms with Crippen LogP contribution in [0.1, 0.15) is 58.7 Å². The predicted octanol–water partition coefficient (Wildman–Crippen LogP) is 3.18. The van der Waals surface area contributed by atoms with Gasteiger partial charge in [-0.05, 0) is 39.7 Å². The topological polar surface area (TPSA) is 95.5 Å². The molecule has 0 unspecified atom stereocenters. The van der Waals surface area contributed by atoms with Crippen molar-refractivity contribution in [2.45, 2.75) is 52.6 Å². The van der Waals surface area contributed by atoms with Gasteiger partial charge in [0.15, 0.2) is 5.65 Å². The second-order valence-corrected chi connectivity index (χ2v) is 8.25. The minimum atomic E-state index is -0.167. The van der Waals surface area contributed by atoms with Crippen molar-refractivity contribution >= 4 is 22.6 Å². The Morgan fingerprint density at radius 2 is 1.97 bits per heavy atom. The highest BCUT2D eigenvalue weighted by Gasteiger charge is 2.28. The number of carbonyl (C=O) groups is 1. The lowest BCUT2D eigenvalue weighted by Gasteiger charge is -2.08.